The topological polar surface area (TPSA) is 47.6 Å². The van der Waals surface area contributed by atoms with Crippen molar-refractivity contribution >= 4 is 21.9 Å². The maximum Gasteiger partial charge on any atom is 0.313 e. The van der Waals surface area contributed by atoms with Crippen LogP contribution in [0.3, 0.4) is 0 Å². The molecule has 1 atom stereocenters. The smallest absolute Gasteiger partial charge is 0.313 e. The Morgan fingerprint density at radius 1 is 1.37 bits per heavy atom. The molecule has 0 saturated carbocycles. The van der Waals surface area contributed by atoms with E-state index in [-0.39, 0.29) is 12.0 Å². The van der Waals surface area contributed by atoms with E-state index >= 15 is 0 Å². The van der Waals surface area contributed by atoms with Gasteiger partial charge >= 0.3 is 5.97 Å². The van der Waals surface area contributed by atoms with Gasteiger partial charge in [-0.05, 0) is 54.5 Å². The van der Waals surface area contributed by atoms with Crippen LogP contribution in [0.4, 0.5) is 0 Å². The summed E-state index contributed by atoms with van der Waals surface area (Å²) in [5.41, 5.74) is 0.322. The van der Waals surface area contributed by atoms with Crippen LogP contribution in [0.25, 0.3) is 0 Å². The molecular formula is C14H20BrNO3. The molecule has 0 fully saturated rings. The molecular weight excluding hydrogens is 310 g/mol. The summed E-state index contributed by atoms with van der Waals surface area (Å²) in [6.07, 6.45) is 0. The minimum Gasteiger partial charge on any atom is -0.496 e. The molecule has 0 spiro atoms. The van der Waals surface area contributed by atoms with Gasteiger partial charge in [0.2, 0.25) is 0 Å². The molecule has 0 aliphatic rings. The van der Waals surface area contributed by atoms with Crippen LogP contribution in [0, 0.1) is 5.41 Å². The van der Waals surface area contributed by atoms with Crippen molar-refractivity contribution in [2.24, 2.45) is 5.41 Å². The standard InChI is InChI=1S/C14H20BrNO3/c1-14(2,13(17)19-5)12(16-3)9-6-7-11(18-4)10(15)8-9/h6-8,12,16H,1-5H3. The lowest BCUT2D eigenvalue weighted by molar-refractivity contribution is -0.152. The summed E-state index contributed by atoms with van der Waals surface area (Å²) in [5, 5.41) is 3.18. The Morgan fingerprint density at radius 3 is 2.42 bits per heavy atom. The number of esters is 1. The number of hydrogen-bond acceptors (Lipinski definition) is 4. The number of hydrogen-bond donors (Lipinski definition) is 1. The van der Waals surface area contributed by atoms with Gasteiger partial charge in [0.1, 0.15) is 5.75 Å². The maximum atomic E-state index is 11.9. The van der Waals surface area contributed by atoms with Crippen LogP contribution in [0.5, 0.6) is 5.75 Å². The molecule has 0 radical (unpaired) electrons. The van der Waals surface area contributed by atoms with E-state index < -0.39 is 5.41 Å². The molecule has 0 bridgehead atoms. The second-order valence-electron chi connectivity index (χ2n) is 4.83. The molecule has 0 aromatic heterocycles. The van der Waals surface area contributed by atoms with Crippen LogP contribution in [-0.2, 0) is 9.53 Å². The Labute approximate surface area is 122 Å². The average molecular weight is 330 g/mol. The summed E-state index contributed by atoms with van der Waals surface area (Å²) < 4.78 is 10.9. The predicted octanol–water partition coefficient (Wildman–Crippen LogP) is 2.92. The normalized spacial score (nSPS) is 12.9. The zero-order chi connectivity index (χ0) is 14.6. The third kappa shape index (κ3) is 3.28. The minimum atomic E-state index is -0.669. The largest absolute Gasteiger partial charge is 0.496 e. The van der Waals surface area contributed by atoms with E-state index in [2.05, 4.69) is 21.2 Å². The van der Waals surface area contributed by atoms with Gasteiger partial charge in [0, 0.05) is 6.04 Å². The molecule has 1 rings (SSSR count). The Kier molecular flexibility index (Phi) is 5.38. The Bertz CT molecular complexity index is 460. The van der Waals surface area contributed by atoms with Gasteiger partial charge < -0.3 is 14.8 Å². The highest BCUT2D eigenvalue weighted by molar-refractivity contribution is 9.10. The molecule has 0 amide bonds. The second-order valence-corrected chi connectivity index (χ2v) is 5.68. The highest BCUT2D eigenvalue weighted by atomic mass is 79.9. The first-order valence-electron chi connectivity index (χ1n) is 5.97. The lowest BCUT2D eigenvalue weighted by atomic mass is 9.80. The predicted molar refractivity (Wildman–Crippen MR) is 78.3 cm³/mol. The van der Waals surface area contributed by atoms with Crippen molar-refractivity contribution in [3.8, 4) is 5.75 Å². The van der Waals surface area contributed by atoms with Gasteiger partial charge in [-0.25, -0.2) is 0 Å². The number of methoxy groups -OCH3 is 2. The fourth-order valence-corrected chi connectivity index (χ4v) is 2.75. The molecule has 19 heavy (non-hydrogen) atoms. The first-order chi connectivity index (χ1) is 8.88. The molecule has 0 aliphatic heterocycles. The SMILES string of the molecule is CNC(c1ccc(OC)c(Br)c1)C(C)(C)C(=O)OC. The monoisotopic (exact) mass is 329 g/mol. The summed E-state index contributed by atoms with van der Waals surface area (Å²) in [7, 11) is 4.85. The zero-order valence-electron chi connectivity index (χ0n) is 11.9. The number of carbonyl (C=O) groups excluding carboxylic acids is 1. The number of nitrogens with one attached hydrogen (secondary N) is 1. The fraction of sp³-hybridized carbons (Fsp3) is 0.500. The van der Waals surface area contributed by atoms with Crippen molar-refractivity contribution in [1.82, 2.24) is 5.32 Å². The lowest BCUT2D eigenvalue weighted by Gasteiger charge is -2.32. The number of carbonyl (C=O) groups is 1. The molecule has 1 aromatic carbocycles. The van der Waals surface area contributed by atoms with Crippen LogP contribution in [-0.4, -0.2) is 27.2 Å². The molecule has 0 aliphatic carbocycles. The van der Waals surface area contributed by atoms with Crippen LogP contribution in [0.1, 0.15) is 25.5 Å². The van der Waals surface area contributed by atoms with Crippen LogP contribution >= 0.6 is 15.9 Å². The zero-order valence-corrected chi connectivity index (χ0v) is 13.5. The quantitative estimate of drug-likeness (QED) is 0.844. The first kappa shape index (κ1) is 16.0. The second kappa shape index (κ2) is 6.39. The molecule has 0 heterocycles. The molecule has 1 aromatic rings. The van der Waals surface area contributed by atoms with Gasteiger partial charge in [0.05, 0.1) is 24.1 Å². The van der Waals surface area contributed by atoms with Gasteiger partial charge in [-0.1, -0.05) is 6.07 Å². The average Bonchev–Trinajstić information content (AvgIpc) is 2.38. The molecule has 1 unspecified atom stereocenters. The van der Waals surface area contributed by atoms with E-state index in [4.69, 9.17) is 9.47 Å². The van der Waals surface area contributed by atoms with Crippen LogP contribution in [0.15, 0.2) is 22.7 Å². The summed E-state index contributed by atoms with van der Waals surface area (Å²) in [6.45, 7) is 3.72. The summed E-state index contributed by atoms with van der Waals surface area (Å²) in [6, 6.07) is 5.61. The Morgan fingerprint density at radius 2 is 2.00 bits per heavy atom. The van der Waals surface area contributed by atoms with Gasteiger partial charge in [-0.3, -0.25) is 4.79 Å². The fourth-order valence-electron chi connectivity index (χ4n) is 2.19. The van der Waals surface area contributed by atoms with Gasteiger partial charge in [0.25, 0.3) is 0 Å². The minimum absolute atomic E-state index is 0.151. The third-order valence-electron chi connectivity index (χ3n) is 3.23. The lowest BCUT2D eigenvalue weighted by Crippen LogP contribution is -2.39. The summed E-state index contributed by atoms with van der Waals surface area (Å²) in [4.78, 5) is 11.9. The van der Waals surface area contributed by atoms with Crippen molar-refractivity contribution in [1.29, 1.82) is 0 Å². The first-order valence-corrected chi connectivity index (χ1v) is 6.76. The van der Waals surface area contributed by atoms with Gasteiger partial charge in [-0.15, -0.1) is 0 Å². The summed E-state index contributed by atoms with van der Waals surface area (Å²) >= 11 is 3.46. The molecule has 1 N–H and O–H groups in total. The molecule has 5 heteroatoms. The number of benzene rings is 1. The Balaban J connectivity index is 3.17. The maximum absolute atomic E-state index is 11.9. The van der Waals surface area contributed by atoms with Crippen molar-refractivity contribution in [2.45, 2.75) is 19.9 Å². The number of halogens is 1. The van der Waals surface area contributed by atoms with E-state index in [1.165, 1.54) is 7.11 Å². The van der Waals surface area contributed by atoms with Gasteiger partial charge in [0.15, 0.2) is 0 Å². The van der Waals surface area contributed by atoms with Crippen molar-refractivity contribution < 1.29 is 14.3 Å². The van der Waals surface area contributed by atoms with E-state index in [0.717, 1.165) is 15.8 Å². The molecule has 4 nitrogen and oxygen atoms in total. The van der Waals surface area contributed by atoms with Crippen molar-refractivity contribution in [3.05, 3.63) is 28.2 Å². The number of ether oxygens (including phenoxy) is 2. The van der Waals surface area contributed by atoms with Crippen molar-refractivity contribution in [2.75, 3.05) is 21.3 Å². The van der Waals surface area contributed by atoms with Gasteiger partial charge in [-0.2, -0.15) is 0 Å². The van der Waals surface area contributed by atoms with Crippen LogP contribution in [0.2, 0.25) is 0 Å². The molecule has 106 valence electrons. The highest BCUT2D eigenvalue weighted by Gasteiger charge is 2.38. The van der Waals surface area contributed by atoms with E-state index in [1.807, 2.05) is 39.1 Å². The van der Waals surface area contributed by atoms with E-state index in [0.29, 0.717) is 0 Å². The Hall–Kier alpha value is -1.07. The van der Waals surface area contributed by atoms with Crippen molar-refractivity contribution in [3.63, 3.8) is 0 Å². The summed E-state index contributed by atoms with van der Waals surface area (Å²) in [5.74, 6) is 0.508. The van der Waals surface area contributed by atoms with Crippen LogP contribution < -0.4 is 10.1 Å². The molecule has 0 saturated heterocycles. The highest BCUT2D eigenvalue weighted by Crippen LogP contribution is 2.37. The van der Waals surface area contributed by atoms with E-state index in [9.17, 15) is 4.79 Å². The third-order valence-corrected chi connectivity index (χ3v) is 3.85. The van der Waals surface area contributed by atoms with E-state index in [1.54, 1.807) is 7.11 Å². The number of rotatable bonds is 5.